The Balaban J connectivity index is 2.16. The lowest BCUT2D eigenvalue weighted by Gasteiger charge is -2.09. The lowest BCUT2D eigenvalue weighted by molar-refractivity contribution is 0.0596. The van der Waals surface area contributed by atoms with Gasteiger partial charge in [-0.3, -0.25) is 4.98 Å². The first kappa shape index (κ1) is 14.0. The third kappa shape index (κ3) is 3.51. The molecule has 1 aromatic rings. The van der Waals surface area contributed by atoms with Crippen molar-refractivity contribution in [3.05, 3.63) is 24.0 Å². The molecule has 1 aromatic heterocycles. The van der Waals surface area contributed by atoms with E-state index in [1.165, 1.54) is 32.2 Å². The summed E-state index contributed by atoms with van der Waals surface area (Å²) in [4.78, 5) is 15.1. The summed E-state index contributed by atoms with van der Waals surface area (Å²) in [5, 5.41) is 0. The maximum Gasteiger partial charge on any atom is 0.339 e. The summed E-state index contributed by atoms with van der Waals surface area (Å²) < 4.78 is 31.3. The van der Waals surface area contributed by atoms with Gasteiger partial charge < -0.3 is 4.74 Å². The molecule has 0 amide bonds. The second-order valence-electron chi connectivity index (χ2n) is 4.49. The highest BCUT2D eigenvalue weighted by molar-refractivity contribution is 7.89. The molecule has 1 heterocycles. The van der Waals surface area contributed by atoms with E-state index in [0.29, 0.717) is 12.5 Å². The topological polar surface area (TPSA) is 85.4 Å². The van der Waals surface area contributed by atoms with Crippen LogP contribution in [0.4, 0.5) is 0 Å². The molecule has 0 bridgehead atoms. The molecule has 1 saturated carbocycles. The molecule has 0 atom stereocenters. The summed E-state index contributed by atoms with van der Waals surface area (Å²) in [6.45, 7) is 0.377. The van der Waals surface area contributed by atoms with Gasteiger partial charge >= 0.3 is 5.97 Å². The molecule has 1 fully saturated rings. The molecule has 0 spiro atoms. The predicted octanol–water partition coefficient (Wildman–Crippen LogP) is 0.947. The molecule has 1 aliphatic rings. The predicted molar refractivity (Wildman–Crippen MR) is 68.1 cm³/mol. The Morgan fingerprint density at radius 1 is 1.53 bits per heavy atom. The van der Waals surface area contributed by atoms with Crippen molar-refractivity contribution >= 4 is 16.0 Å². The van der Waals surface area contributed by atoms with E-state index >= 15 is 0 Å². The number of sulfonamides is 1. The number of hydrogen-bond acceptors (Lipinski definition) is 5. The van der Waals surface area contributed by atoms with Crippen molar-refractivity contribution in [3.8, 4) is 0 Å². The third-order valence-corrected chi connectivity index (χ3v) is 4.51. The maximum atomic E-state index is 12.1. The minimum atomic E-state index is -3.73. The van der Waals surface area contributed by atoms with Gasteiger partial charge in [-0.1, -0.05) is 12.8 Å². The van der Waals surface area contributed by atoms with Gasteiger partial charge in [-0.25, -0.2) is 17.9 Å². The number of carbonyl (C=O) groups is 1. The van der Waals surface area contributed by atoms with Gasteiger partial charge in [0.15, 0.2) is 0 Å². The standard InChI is InChI=1S/C12H16N2O4S/c1-18-12(15)10-5-6-13-8-11(10)19(16,17)14-7-4-9-2-3-9/h5-6,8-9,14H,2-4,7H2,1H3. The van der Waals surface area contributed by atoms with E-state index in [4.69, 9.17) is 0 Å². The van der Waals surface area contributed by atoms with Crippen molar-refractivity contribution in [2.75, 3.05) is 13.7 Å². The zero-order valence-corrected chi connectivity index (χ0v) is 11.4. The van der Waals surface area contributed by atoms with Crippen molar-refractivity contribution in [3.63, 3.8) is 0 Å². The van der Waals surface area contributed by atoms with Crippen LogP contribution >= 0.6 is 0 Å². The molecule has 6 nitrogen and oxygen atoms in total. The van der Waals surface area contributed by atoms with Crippen molar-refractivity contribution in [2.45, 2.75) is 24.2 Å². The quantitative estimate of drug-likeness (QED) is 0.786. The van der Waals surface area contributed by atoms with Crippen LogP contribution in [0.2, 0.25) is 0 Å². The molecular formula is C12H16N2O4S. The third-order valence-electron chi connectivity index (χ3n) is 3.02. The van der Waals surface area contributed by atoms with E-state index in [9.17, 15) is 13.2 Å². The average molecular weight is 284 g/mol. The van der Waals surface area contributed by atoms with Crippen molar-refractivity contribution in [2.24, 2.45) is 5.92 Å². The molecule has 104 valence electrons. The summed E-state index contributed by atoms with van der Waals surface area (Å²) >= 11 is 0. The highest BCUT2D eigenvalue weighted by Crippen LogP contribution is 2.31. The van der Waals surface area contributed by atoms with Crippen LogP contribution < -0.4 is 4.72 Å². The second kappa shape index (κ2) is 5.66. The van der Waals surface area contributed by atoms with Crippen molar-refractivity contribution in [1.82, 2.24) is 9.71 Å². The number of carbonyl (C=O) groups excluding carboxylic acids is 1. The van der Waals surface area contributed by atoms with Gasteiger partial charge in [-0.2, -0.15) is 0 Å². The Bertz CT molecular complexity index is 567. The molecule has 2 rings (SSSR count). The van der Waals surface area contributed by atoms with Crippen molar-refractivity contribution < 1.29 is 17.9 Å². The number of nitrogens with one attached hydrogen (secondary N) is 1. The molecule has 0 aliphatic heterocycles. The molecule has 0 aromatic carbocycles. The van der Waals surface area contributed by atoms with Crippen LogP contribution in [0.1, 0.15) is 29.6 Å². The molecule has 0 radical (unpaired) electrons. The summed E-state index contributed by atoms with van der Waals surface area (Å²) in [5.41, 5.74) is -0.00331. The van der Waals surface area contributed by atoms with Gasteiger partial charge in [0, 0.05) is 18.9 Å². The molecule has 0 saturated heterocycles. The van der Waals surface area contributed by atoms with Crippen LogP contribution in [0.3, 0.4) is 0 Å². The fraction of sp³-hybridized carbons (Fsp3) is 0.500. The Kier molecular flexibility index (Phi) is 4.16. The van der Waals surface area contributed by atoms with E-state index < -0.39 is 16.0 Å². The monoisotopic (exact) mass is 284 g/mol. The van der Waals surface area contributed by atoms with E-state index in [0.717, 1.165) is 12.6 Å². The Morgan fingerprint density at radius 2 is 2.26 bits per heavy atom. The number of methoxy groups -OCH3 is 1. The summed E-state index contributed by atoms with van der Waals surface area (Å²) in [6, 6.07) is 1.33. The molecule has 19 heavy (non-hydrogen) atoms. The molecular weight excluding hydrogens is 268 g/mol. The minimum absolute atomic E-state index is 0.00331. The summed E-state index contributed by atoms with van der Waals surface area (Å²) in [6.07, 6.45) is 5.68. The van der Waals surface area contributed by atoms with Gasteiger partial charge in [-0.15, -0.1) is 0 Å². The summed E-state index contributed by atoms with van der Waals surface area (Å²) in [7, 11) is -2.52. The zero-order valence-electron chi connectivity index (χ0n) is 10.6. The number of ether oxygens (including phenoxy) is 1. The van der Waals surface area contributed by atoms with Gasteiger partial charge in [0.05, 0.1) is 12.7 Å². The fourth-order valence-corrected chi connectivity index (χ4v) is 2.94. The van der Waals surface area contributed by atoms with E-state index in [1.807, 2.05) is 0 Å². The first-order valence-corrected chi connectivity index (χ1v) is 7.55. The Morgan fingerprint density at radius 3 is 2.89 bits per heavy atom. The van der Waals surface area contributed by atoms with Crippen LogP contribution in [-0.4, -0.2) is 33.0 Å². The van der Waals surface area contributed by atoms with Gasteiger partial charge in [0.1, 0.15) is 4.90 Å². The molecule has 0 unspecified atom stereocenters. The second-order valence-corrected chi connectivity index (χ2v) is 6.23. The largest absolute Gasteiger partial charge is 0.465 e. The van der Waals surface area contributed by atoms with E-state index in [2.05, 4.69) is 14.4 Å². The van der Waals surface area contributed by atoms with Crippen LogP contribution in [0.25, 0.3) is 0 Å². The number of esters is 1. The van der Waals surface area contributed by atoms with Gasteiger partial charge in [0.2, 0.25) is 10.0 Å². The van der Waals surface area contributed by atoms with Gasteiger partial charge in [-0.05, 0) is 18.4 Å². The number of aromatic nitrogens is 1. The number of hydrogen-bond donors (Lipinski definition) is 1. The van der Waals surface area contributed by atoms with Gasteiger partial charge in [0.25, 0.3) is 0 Å². The fourth-order valence-electron chi connectivity index (χ4n) is 1.75. The maximum absolute atomic E-state index is 12.1. The number of rotatable bonds is 6. The molecule has 7 heteroatoms. The minimum Gasteiger partial charge on any atom is -0.465 e. The first-order valence-electron chi connectivity index (χ1n) is 6.06. The van der Waals surface area contributed by atoms with Crippen molar-refractivity contribution in [1.29, 1.82) is 0 Å². The highest BCUT2D eigenvalue weighted by Gasteiger charge is 2.25. The highest BCUT2D eigenvalue weighted by atomic mass is 32.2. The number of pyridine rings is 1. The van der Waals surface area contributed by atoms with Crippen LogP contribution in [0, 0.1) is 5.92 Å². The SMILES string of the molecule is COC(=O)c1ccncc1S(=O)(=O)NCCC1CC1. The molecule has 1 N–H and O–H groups in total. The average Bonchev–Trinajstić information content (AvgIpc) is 3.22. The first-order chi connectivity index (χ1) is 9.04. The lowest BCUT2D eigenvalue weighted by Crippen LogP contribution is -2.27. The smallest absolute Gasteiger partial charge is 0.339 e. The normalized spacial score (nSPS) is 15.2. The molecule has 1 aliphatic carbocycles. The van der Waals surface area contributed by atoms with Crippen LogP contribution in [0.5, 0.6) is 0 Å². The van der Waals surface area contributed by atoms with Crippen LogP contribution in [0.15, 0.2) is 23.4 Å². The van der Waals surface area contributed by atoms with E-state index in [-0.39, 0.29) is 10.5 Å². The Hall–Kier alpha value is -1.47. The van der Waals surface area contributed by atoms with Crippen LogP contribution in [-0.2, 0) is 14.8 Å². The Labute approximate surface area is 112 Å². The summed E-state index contributed by atoms with van der Waals surface area (Å²) in [5.74, 6) is -0.0540. The lowest BCUT2D eigenvalue weighted by atomic mass is 10.3. The number of nitrogens with zero attached hydrogens (tertiary/aromatic N) is 1. The zero-order chi connectivity index (χ0) is 13.9. The van der Waals surface area contributed by atoms with E-state index in [1.54, 1.807) is 0 Å².